The SMILES string of the molecule is CC1(C)c2cc(-c3c4ccccc4c(-c4cccc5sc6ccccc6c45)c4ccccc34)ccc2-c2c1ccc1ccccc21. The van der Waals surface area contributed by atoms with Crippen LogP contribution in [-0.4, -0.2) is 0 Å². The average Bonchev–Trinajstić information content (AvgIpc) is 3.59. The molecule has 8 aromatic carbocycles. The lowest BCUT2D eigenvalue weighted by atomic mass is 9.80. The van der Waals surface area contributed by atoms with Crippen LogP contribution in [0, 0.1) is 0 Å². The van der Waals surface area contributed by atoms with Crippen molar-refractivity contribution in [1.82, 2.24) is 0 Å². The van der Waals surface area contributed by atoms with E-state index in [0.717, 1.165) is 0 Å². The highest BCUT2D eigenvalue weighted by molar-refractivity contribution is 7.25. The molecule has 9 aromatic rings. The van der Waals surface area contributed by atoms with Crippen LogP contribution in [0.3, 0.4) is 0 Å². The lowest BCUT2D eigenvalue weighted by Gasteiger charge is -2.23. The Hall–Kier alpha value is -5.24. The molecule has 1 aromatic heterocycles. The molecule has 0 aliphatic heterocycles. The second-order valence-corrected chi connectivity index (χ2v) is 14.3. The van der Waals surface area contributed by atoms with E-state index in [2.05, 4.69) is 159 Å². The fraction of sp³-hybridized carbons (Fsp3) is 0.0667. The maximum absolute atomic E-state index is 2.49. The van der Waals surface area contributed by atoms with Gasteiger partial charge >= 0.3 is 0 Å². The third-order valence-electron chi connectivity index (χ3n) is 10.5. The van der Waals surface area contributed by atoms with Crippen LogP contribution in [0.1, 0.15) is 25.0 Å². The number of hydrogen-bond acceptors (Lipinski definition) is 1. The molecule has 0 radical (unpaired) electrons. The van der Waals surface area contributed by atoms with Gasteiger partial charge in [0, 0.05) is 25.6 Å². The zero-order valence-electron chi connectivity index (χ0n) is 25.8. The number of benzene rings is 8. The van der Waals surface area contributed by atoms with E-state index in [1.807, 2.05) is 11.3 Å². The molecule has 46 heavy (non-hydrogen) atoms. The zero-order chi connectivity index (χ0) is 30.6. The Kier molecular flexibility index (Phi) is 5.31. The number of fused-ring (bicyclic) bond motifs is 10. The highest BCUT2D eigenvalue weighted by Crippen LogP contribution is 2.53. The van der Waals surface area contributed by atoms with Crippen LogP contribution in [0.2, 0.25) is 0 Å². The second-order valence-electron chi connectivity index (χ2n) is 13.2. The highest BCUT2D eigenvalue weighted by Gasteiger charge is 2.36. The van der Waals surface area contributed by atoms with E-state index in [1.165, 1.54) is 97.0 Å². The highest BCUT2D eigenvalue weighted by atomic mass is 32.1. The summed E-state index contributed by atoms with van der Waals surface area (Å²) in [6.45, 7) is 4.78. The third kappa shape index (κ3) is 3.44. The Morgan fingerprint density at radius 2 is 1.02 bits per heavy atom. The van der Waals surface area contributed by atoms with Crippen molar-refractivity contribution in [3.05, 3.63) is 157 Å². The molecule has 0 unspecified atom stereocenters. The predicted molar refractivity (Wildman–Crippen MR) is 200 cm³/mol. The van der Waals surface area contributed by atoms with Crippen molar-refractivity contribution in [2.75, 3.05) is 0 Å². The van der Waals surface area contributed by atoms with Crippen molar-refractivity contribution in [2.24, 2.45) is 0 Å². The van der Waals surface area contributed by atoms with Crippen LogP contribution in [-0.2, 0) is 5.41 Å². The first-order valence-corrected chi connectivity index (χ1v) is 16.9. The normalized spacial score (nSPS) is 13.6. The smallest absolute Gasteiger partial charge is 0.0361 e. The Morgan fingerprint density at radius 3 is 1.76 bits per heavy atom. The van der Waals surface area contributed by atoms with E-state index in [4.69, 9.17) is 0 Å². The van der Waals surface area contributed by atoms with Crippen molar-refractivity contribution in [1.29, 1.82) is 0 Å². The van der Waals surface area contributed by atoms with Crippen molar-refractivity contribution in [2.45, 2.75) is 19.3 Å². The molecule has 10 rings (SSSR count). The van der Waals surface area contributed by atoms with Gasteiger partial charge in [-0.3, -0.25) is 0 Å². The Morgan fingerprint density at radius 1 is 0.413 bits per heavy atom. The minimum Gasteiger partial charge on any atom is -0.135 e. The standard InChI is InChI=1S/C45H30S/c1-45(2)37-25-23-27-12-3-4-13-29(27)43(37)34-24-22-28(26-38(34)45)41-30-14-5-7-16-32(30)42(33-17-8-6-15-31(33)41)36-19-11-21-40-44(36)35-18-9-10-20-39(35)46-40/h3-26H,1-2H3. The molecule has 1 aliphatic rings. The van der Waals surface area contributed by atoms with Gasteiger partial charge in [-0.2, -0.15) is 0 Å². The van der Waals surface area contributed by atoms with Gasteiger partial charge in [-0.25, -0.2) is 0 Å². The average molecular weight is 603 g/mol. The summed E-state index contributed by atoms with van der Waals surface area (Å²) < 4.78 is 2.67. The lowest BCUT2D eigenvalue weighted by Crippen LogP contribution is -2.15. The topological polar surface area (TPSA) is 0 Å². The minimum absolute atomic E-state index is 0.0914. The quantitative estimate of drug-likeness (QED) is 0.173. The van der Waals surface area contributed by atoms with Gasteiger partial charge in [0.1, 0.15) is 0 Å². The first kappa shape index (κ1) is 26.0. The van der Waals surface area contributed by atoms with E-state index >= 15 is 0 Å². The third-order valence-corrected chi connectivity index (χ3v) is 11.6. The number of rotatable bonds is 2. The van der Waals surface area contributed by atoms with Gasteiger partial charge in [-0.15, -0.1) is 11.3 Å². The summed E-state index contributed by atoms with van der Waals surface area (Å²) in [5.74, 6) is 0. The molecule has 1 heterocycles. The fourth-order valence-corrected chi connectivity index (χ4v) is 9.51. The summed E-state index contributed by atoms with van der Waals surface area (Å²) in [5, 5.41) is 10.5. The molecule has 0 spiro atoms. The molecule has 0 nitrogen and oxygen atoms in total. The van der Waals surface area contributed by atoms with Crippen molar-refractivity contribution >= 4 is 63.8 Å². The van der Waals surface area contributed by atoms with Crippen LogP contribution < -0.4 is 0 Å². The molecule has 216 valence electrons. The molecule has 1 heteroatoms. The van der Waals surface area contributed by atoms with Crippen molar-refractivity contribution < 1.29 is 0 Å². The Balaban J connectivity index is 1.29. The van der Waals surface area contributed by atoms with Gasteiger partial charge in [0.15, 0.2) is 0 Å². The second kappa shape index (κ2) is 9.39. The Bertz CT molecular complexity index is 2660. The molecule has 0 saturated carbocycles. The molecule has 0 bridgehead atoms. The molecule has 1 aliphatic carbocycles. The lowest BCUT2D eigenvalue weighted by molar-refractivity contribution is 0.661. The van der Waals surface area contributed by atoms with Gasteiger partial charge in [0.25, 0.3) is 0 Å². The zero-order valence-corrected chi connectivity index (χ0v) is 26.6. The van der Waals surface area contributed by atoms with Crippen molar-refractivity contribution in [3.8, 4) is 33.4 Å². The monoisotopic (exact) mass is 602 g/mol. The molecule has 0 fully saturated rings. The molecule has 0 saturated heterocycles. The summed E-state index contributed by atoms with van der Waals surface area (Å²) in [5.41, 5.74) is 10.7. The van der Waals surface area contributed by atoms with Gasteiger partial charge in [0.2, 0.25) is 0 Å². The summed E-state index contributed by atoms with van der Waals surface area (Å²) in [7, 11) is 0. The number of thiophene rings is 1. The van der Waals surface area contributed by atoms with E-state index in [1.54, 1.807) is 0 Å². The predicted octanol–water partition coefficient (Wildman–Crippen LogP) is 13.2. The van der Waals surface area contributed by atoms with Crippen LogP contribution in [0.15, 0.2) is 146 Å². The van der Waals surface area contributed by atoms with E-state index in [0.29, 0.717) is 0 Å². The van der Waals surface area contributed by atoms with Crippen LogP contribution in [0.5, 0.6) is 0 Å². The maximum Gasteiger partial charge on any atom is 0.0361 e. The first-order chi connectivity index (χ1) is 22.6. The molecular weight excluding hydrogens is 573 g/mol. The molecule has 0 atom stereocenters. The minimum atomic E-state index is -0.0914. The summed E-state index contributed by atoms with van der Waals surface area (Å²) in [6.07, 6.45) is 0. The van der Waals surface area contributed by atoms with Crippen LogP contribution >= 0.6 is 11.3 Å². The maximum atomic E-state index is 2.49. The van der Waals surface area contributed by atoms with Crippen LogP contribution in [0.4, 0.5) is 0 Å². The molecule has 0 N–H and O–H groups in total. The fourth-order valence-electron chi connectivity index (χ4n) is 8.38. The summed E-state index contributed by atoms with van der Waals surface area (Å²) in [6, 6.07) is 54.5. The largest absolute Gasteiger partial charge is 0.135 e. The summed E-state index contributed by atoms with van der Waals surface area (Å²) >= 11 is 1.89. The Labute approximate surface area is 272 Å². The molecule has 0 amide bonds. The van der Waals surface area contributed by atoms with E-state index in [9.17, 15) is 0 Å². The van der Waals surface area contributed by atoms with Crippen LogP contribution in [0.25, 0.3) is 85.9 Å². The summed E-state index contributed by atoms with van der Waals surface area (Å²) in [4.78, 5) is 0. The molecular formula is C45H30S. The van der Waals surface area contributed by atoms with E-state index < -0.39 is 0 Å². The van der Waals surface area contributed by atoms with Gasteiger partial charge in [0.05, 0.1) is 0 Å². The number of hydrogen-bond donors (Lipinski definition) is 0. The van der Waals surface area contributed by atoms with Gasteiger partial charge < -0.3 is 0 Å². The van der Waals surface area contributed by atoms with E-state index in [-0.39, 0.29) is 5.41 Å². The first-order valence-electron chi connectivity index (χ1n) is 16.1. The van der Waals surface area contributed by atoms with Gasteiger partial charge in [-0.05, 0) is 95.0 Å². The van der Waals surface area contributed by atoms with Crippen molar-refractivity contribution in [3.63, 3.8) is 0 Å². The van der Waals surface area contributed by atoms with Gasteiger partial charge in [-0.1, -0.05) is 141 Å².